The van der Waals surface area contributed by atoms with Crippen LogP contribution in [-0.2, 0) is 25.9 Å². The van der Waals surface area contributed by atoms with E-state index in [9.17, 15) is 0 Å². The van der Waals surface area contributed by atoms with Crippen molar-refractivity contribution in [2.24, 2.45) is 0 Å². The molecule has 1 N–H and O–H groups in total. The largest absolute Gasteiger partial charge is 0.331 e. The van der Waals surface area contributed by atoms with Crippen LogP contribution in [0.5, 0.6) is 0 Å². The molecule has 4 heteroatoms. The van der Waals surface area contributed by atoms with Crippen molar-refractivity contribution in [1.82, 2.24) is 14.5 Å². The van der Waals surface area contributed by atoms with Gasteiger partial charge in [-0.05, 0) is 67.6 Å². The molecule has 1 aliphatic heterocycles. The van der Waals surface area contributed by atoms with Crippen LogP contribution in [0.4, 0.5) is 0 Å². The molecule has 4 rings (SSSR count). The van der Waals surface area contributed by atoms with Crippen LogP contribution in [0.25, 0.3) is 11.0 Å². The van der Waals surface area contributed by atoms with Crippen LogP contribution in [0.2, 0.25) is 0 Å². The lowest BCUT2D eigenvalue weighted by molar-refractivity contribution is 0.210. The van der Waals surface area contributed by atoms with Crippen LogP contribution in [-0.4, -0.2) is 27.0 Å². The molecule has 2 heterocycles. The second-order valence-corrected chi connectivity index (χ2v) is 7.09. The monoisotopic (exact) mass is 313 g/mol. The second kappa shape index (κ2) is 5.36. The van der Waals surface area contributed by atoms with Gasteiger partial charge in [0, 0.05) is 25.7 Å². The van der Waals surface area contributed by atoms with Crippen molar-refractivity contribution >= 4 is 23.3 Å². The Labute approximate surface area is 136 Å². The van der Waals surface area contributed by atoms with E-state index in [-0.39, 0.29) is 0 Å². The minimum Gasteiger partial charge on any atom is -0.331 e. The summed E-state index contributed by atoms with van der Waals surface area (Å²) >= 11 is 5.61. The molecular weight excluding hydrogens is 290 g/mol. The topological polar surface area (TPSA) is 24.0 Å². The van der Waals surface area contributed by atoms with Crippen molar-refractivity contribution < 1.29 is 0 Å². The number of benzene rings is 1. The molecule has 116 valence electrons. The Bertz CT molecular complexity index is 799. The molecule has 3 nitrogen and oxygen atoms in total. The van der Waals surface area contributed by atoms with Crippen LogP contribution in [0, 0.1) is 4.77 Å². The van der Waals surface area contributed by atoms with Crippen molar-refractivity contribution in [1.29, 1.82) is 0 Å². The van der Waals surface area contributed by atoms with Gasteiger partial charge in [-0.25, -0.2) is 0 Å². The van der Waals surface area contributed by atoms with E-state index in [1.807, 2.05) is 6.08 Å². The maximum atomic E-state index is 5.61. The third-order valence-corrected chi connectivity index (χ3v) is 5.61. The van der Waals surface area contributed by atoms with Crippen LogP contribution >= 0.6 is 12.2 Å². The van der Waals surface area contributed by atoms with E-state index < -0.39 is 0 Å². The van der Waals surface area contributed by atoms with Crippen molar-refractivity contribution in [3.8, 4) is 0 Å². The molecule has 0 saturated carbocycles. The highest BCUT2D eigenvalue weighted by Gasteiger charge is 2.26. The maximum absolute atomic E-state index is 5.61. The normalized spacial score (nSPS) is 21.6. The number of hydrogen-bond donors (Lipinski definition) is 1. The first kappa shape index (κ1) is 14.2. The zero-order valence-electron chi connectivity index (χ0n) is 13.2. The average molecular weight is 313 g/mol. The Hall–Kier alpha value is -1.39. The van der Waals surface area contributed by atoms with Gasteiger partial charge in [0.1, 0.15) is 0 Å². The van der Waals surface area contributed by atoms with E-state index in [4.69, 9.17) is 12.2 Å². The molecule has 0 fully saturated rings. The quantitative estimate of drug-likeness (QED) is 0.670. The van der Waals surface area contributed by atoms with E-state index in [2.05, 4.69) is 34.0 Å². The number of aryl methyl sites for hydroxylation is 1. The molecule has 1 aliphatic carbocycles. The summed E-state index contributed by atoms with van der Waals surface area (Å²) in [6, 6.07) is 2.82. The molecule has 22 heavy (non-hydrogen) atoms. The highest BCUT2D eigenvalue weighted by atomic mass is 32.1. The van der Waals surface area contributed by atoms with Crippen LogP contribution in [0.3, 0.4) is 0 Å². The first-order valence-corrected chi connectivity index (χ1v) is 8.71. The molecule has 0 spiro atoms. The van der Waals surface area contributed by atoms with Crippen molar-refractivity contribution in [2.75, 3.05) is 6.54 Å². The Morgan fingerprint density at radius 1 is 1.36 bits per heavy atom. The number of aromatic amines is 1. The van der Waals surface area contributed by atoms with E-state index in [1.54, 1.807) is 5.56 Å². The molecule has 2 aromatic rings. The first-order valence-electron chi connectivity index (χ1n) is 8.30. The summed E-state index contributed by atoms with van der Waals surface area (Å²) < 4.78 is 3.19. The number of H-pyrrole nitrogens is 1. The standard InChI is InChI=1S/C18H23N3S/c1-3-8-20-11-15-14-7-5-4-6-13(14)9-16-17(15)21(10-12(20)2)18(22)19-16/h3,9,12H,1,4-8,10-11H2,2H3,(H,19,22)/t12-/m0/s1. The van der Waals surface area contributed by atoms with Gasteiger partial charge >= 0.3 is 0 Å². The molecular formula is C18H23N3S. The lowest BCUT2D eigenvalue weighted by atomic mass is 9.87. The van der Waals surface area contributed by atoms with E-state index in [0.717, 1.165) is 24.4 Å². The molecule has 0 bridgehead atoms. The van der Waals surface area contributed by atoms with Gasteiger partial charge in [-0.3, -0.25) is 4.90 Å². The number of imidazole rings is 1. The van der Waals surface area contributed by atoms with Crippen molar-refractivity contribution in [3.63, 3.8) is 0 Å². The zero-order chi connectivity index (χ0) is 15.3. The molecule has 0 saturated heterocycles. The Kier molecular flexibility index (Phi) is 3.46. The summed E-state index contributed by atoms with van der Waals surface area (Å²) in [6.45, 7) is 9.14. The average Bonchev–Trinajstić information content (AvgIpc) is 2.72. The predicted molar refractivity (Wildman–Crippen MR) is 93.8 cm³/mol. The first-order chi connectivity index (χ1) is 10.7. The zero-order valence-corrected chi connectivity index (χ0v) is 14.0. The molecule has 0 radical (unpaired) electrons. The SMILES string of the molecule is C=CCN1Cc2c3c(cc4[nH]c(=S)n(c24)C[C@@H]1C)CCCC3. The second-order valence-electron chi connectivity index (χ2n) is 6.70. The van der Waals surface area contributed by atoms with Crippen molar-refractivity contribution in [3.05, 3.63) is 40.2 Å². The van der Waals surface area contributed by atoms with Gasteiger partial charge in [0.15, 0.2) is 4.77 Å². The minimum absolute atomic E-state index is 0.468. The number of rotatable bonds is 2. The molecule has 0 unspecified atom stereocenters. The highest BCUT2D eigenvalue weighted by Crippen LogP contribution is 2.34. The molecule has 1 atom stereocenters. The van der Waals surface area contributed by atoms with Gasteiger partial charge < -0.3 is 9.55 Å². The van der Waals surface area contributed by atoms with Crippen molar-refractivity contribution in [2.45, 2.75) is 51.7 Å². The van der Waals surface area contributed by atoms with Crippen LogP contribution in [0.1, 0.15) is 36.5 Å². The molecule has 1 aromatic carbocycles. The lowest BCUT2D eigenvalue weighted by Gasteiger charge is -2.27. The fourth-order valence-electron chi connectivity index (χ4n) is 4.16. The Morgan fingerprint density at radius 3 is 3.00 bits per heavy atom. The smallest absolute Gasteiger partial charge is 0.178 e. The third-order valence-electron chi connectivity index (χ3n) is 5.29. The van der Waals surface area contributed by atoms with E-state index >= 15 is 0 Å². The number of nitrogens with one attached hydrogen (secondary N) is 1. The highest BCUT2D eigenvalue weighted by molar-refractivity contribution is 7.71. The molecule has 0 amide bonds. The number of nitrogens with zero attached hydrogens (tertiary/aromatic N) is 2. The maximum Gasteiger partial charge on any atom is 0.178 e. The van der Waals surface area contributed by atoms with Crippen LogP contribution in [0.15, 0.2) is 18.7 Å². The summed E-state index contributed by atoms with van der Waals surface area (Å²) in [5, 5.41) is 0. The summed E-state index contributed by atoms with van der Waals surface area (Å²) in [6.07, 6.45) is 7.07. The summed E-state index contributed by atoms with van der Waals surface area (Å²) in [5.41, 5.74) is 7.21. The predicted octanol–water partition coefficient (Wildman–Crippen LogP) is 3.97. The van der Waals surface area contributed by atoms with Gasteiger partial charge in [-0.15, -0.1) is 6.58 Å². The van der Waals surface area contributed by atoms with Gasteiger partial charge in [-0.2, -0.15) is 0 Å². The fourth-order valence-corrected chi connectivity index (χ4v) is 4.44. The molecule has 1 aromatic heterocycles. The summed E-state index contributed by atoms with van der Waals surface area (Å²) in [4.78, 5) is 5.97. The lowest BCUT2D eigenvalue weighted by Crippen LogP contribution is -2.34. The molecule has 2 aliphatic rings. The Balaban J connectivity index is 1.99. The minimum atomic E-state index is 0.468. The fraction of sp³-hybridized carbons (Fsp3) is 0.500. The van der Waals surface area contributed by atoms with Crippen LogP contribution < -0.4 is 0 Å². The summed E-state index contributed by atoms with van der Waals surface area (Å²) in [5.74, 6) is 0. The van der Waals surface area contributed by atoms with Gasteiger partial charge in [0.25, 0.3) is 0 Å². The van der Waals surface area contributed by atoms with Gasteiger partial charge in [0.2, 0.25) is 0 Å². The Morgan fingerprint density at radius 2 is 2.18 bits per heavy atom. The third kappa shape index (κ3) is 2.09. The van der Waals surface area contributed by atoms with E-state index in [0.29, 0.717) is 6.04 Å². The van der Waals surface area contributed by atoms with E-state index in [1.165, 1.54) is 47.8 Å². The number of fused-ring (bicyclic) bond motifs is 2. The summed E-state index contributed by atoms with van der Waals surface area (Å²) in [7, 11) is 0. The van der Waals surface area contributed by atoms with Gasteiger partial charge in [0.05, 0.1) is 11.0 Å². The number of hydrogen-bond acceptors (Lipinski definition) is 2. The van der Waals surface area contributed by atoms with Gasteiger partial charge in [-0.1, -0.05) is 6.08 Å². The number of aromatic nitrogens is 2.